The second-order valence-corrected chi connectivity index (χ2v) is 4.54. The second kappa shape index (κ2) is 5.46. The van der Waals surface area contributed by atoms with E-state index < -0.39 is 0 Å². The quantitative estimate of drug-likeness (QED) is 0.826. The molecule has 1 aromatic rings. The topological polar surface area (TPSA) is 35.2 Å². The lowest BCUT2D eigenvalue weighted by Gasteiger charge is -2.16. The lowest BCUT2D eigenvalue weighted by molar-refractivity contribution is 0.0943. The van der Waals surface area contributed by atoms with Gasteiger partial charge in [-0.2, -0.15) is 0 Å². The van der Waals surface area contributed by atoms with E-state index in [1.54, 1.807) is 7.11 Å². The summed E-state index contributed by atoms with van der Waals surface area (Å²) < 4.78 is 5.54. The van der Waals surface area contributed by atoms with Gasteiger partial charge < -0.3 is 10.5 Å². The standard InChI is InChI=1S/C14H21NO/c1-16-14(6-3-9-15)13-8-7-11-4-2-5-12(11)10-13/h7-8,10,14H,2-6,9,15H2,1H3. The highest BCUT2D eigenvalue weighted by atomic mass is 16.5. The fourth-order valence-corrected chi connectivity index (χ4v) is 2.52. The molecule has 1 atom stereocenters. The predicted molar refractivity (Wildman–Crippen MR) is 66.5 cm³/mol. The average molecular weight is 219 g/mol. The van der Waals surface area contributed by atoms with E-state index in [1.165, 1.54) is 36.0 Å². The van der Waals surface area contributed by atoms with E-state index in [4.69, 9.17) is 10.5 Å². The molecule has 0 fully saturated rings. The van der Waals surface area contributed by atoms with Gasteiger partial charge in [0.1, 0.15) is 0 Å². The largest absolute Gasteiger partial charge is 0.377 e. The second-order valence-electron chi connectivity index (χ2n) is 4.54. The van der Waals surface area contributed by atoms with E-state index in [1.807, 2.05) is 0 Å². The molecule has 2 heteroatoms. The fourth-order valence-electron chi connectivity index (χ4n) is 2.52. The van der Waals surface area contributed by atoms with Crippen LogP contribution in [-0.2, 0) is 17.6 Å². The number of fused-ring (bicyclic) bond motifs is 1. The molecule has 0 saturated heterocycles. The van der Waals surface area contributed by atoms with Gasteiger partial charge in [-0.25, -0.2) is 0 Å². The van der Waals surface area contributed by atoms with E-state index in [0.29, 0.717) is 0 Å². The van der Waals surface area contributed by atoms with Gasteiger partial charge >= 0.3 is 0 Å². The van der Waals surface area contributed by atoms with Crippen LogP contribution in [0.1, 0.15) is 42.1 Å². The van der Waals surface area contributed by atoms with Crippen LogP contribution in [0, 0.1) is 0 Å². The first-order chi connectivity index (χ1) is 7.85. The number of hydrogen-bond acceptors (Lipinski definition) is 2. The summed E-state index contributed by atoms with van der Waals surface area (Å²) in [5, 5.41) is 0. The molecular formula is C14H21NO. The summed E-state index contributed by atoms with van der Waals surface area (Å²) in [5.74, 6) is 0. The number of nitrogens with two attached hydrogens (primary N) is 1. The normalized spacial score (nSPS) is 16.1. The Bertz CT molecular complexity index is 349. The first-order valence-corrected chi connectivity index (χ1v) is 6.19. The number of methoxy groups -OCH3 is 1. The molecule has 0 radical (unpaired) electrons. The lowest BCUT2D eigenvalue weighted by atomic mass is 10.00. The molecule has 1 aliphatic rings. The number of aryl methyl sites for hydroxylation is 2. The van der Waals surface area contributed by atoms with Crippen molar-refractivity contribution in [1.82, 2.24) is 0 Å². The van der Waals surface area contributed by atoms with Gasteiger partial charge in [0.25, 0.3) is 0 Å². The monoisotopic (exact) mass is 219 g/mol. The average Bonchev–Trinajstić information content (AvgIpc) is 2.77. The Morgan fingerprint density at radius 3 is 2.88 bits per heavy atom. The van der Waals surface area contributed by atoms with Crippen molar-refractivity contribution in [2.45, 2.75) is 38.2 Å². The maximum Gasteiger partial charge on any atom is 0.0821 e. The summed E-state index contributed by atoms with van der Waals surface area (Å²) >= 11 is 0. The molecule has 2 rings (SSSR count). The van der Waals surface area contributed by atoms with E-state index in [2.05, 4.69) is 18.2 Å². The van der Waals surface area contributed by atoms with Crippen molar-refractivity contribution in [3.05, 3.63) is 34.9 Å². The first kappa shape index (κ1) is 11.6. The Balaban J connectivity index is 2.12. The molecular weight excluding hydrogens is 198 g/mol. The van der Waals surface area contributed by atoms with Crippen LogP contribution in [0.25, 0.3) is 0 Å². The molecule has 0 amide bonds. The maximum absolute atomic E-state index is 5.54. The fraction of sp³-hybridized carbons (Fsp3) is 0.571. The SMILES string of the molecule is COC(CCCN)c1ccc2c(c1)CCC2. The molecule has 0 aliphatic heterocycles. The zero-order chi connectivity index (χ0) is 11.4. The summed E-state index contributed by atoms with van der Waals surface area (Å²) in [7, 11) is 1.79. The smallest absolute Gasteiger partial charge is 0.0821 e. The molecule has 0 bridgehead atoms. The predicted octanol–water partition coefficient (Wildman–Crippen LogP) is 2.60. The summed E-state index contributed by atoms with van der Waals surface area (Å²) in [4.78, 5) is 0. The van der Waals surface area contributed by atoms with Gasteiger partial charge in [-0.1, -0.05) is 18.2 Å². The van der Waals surface area contributed by atoms with Crippen LogP contribution >= 0.6 is 0 Å². The summed E-state index contributed by atoms with van der Waals surface area (Å²) in [6, 6.07) is 6.81. The minimum absolute atomic E-state index is 0.217. The van der Waals surface area contributed by atoms with Crippen LogP contribution in [0.15, 0.2) is 18.2 Å². The molecule has 1 aromatic carbocycles. The van der Waals surface area contributed by atoms with Crippen LogP contribution in [0.2, 0.25) is 0 Å². The van der Waals surface area contributed by atoms with Crippen LogP contribution in [0.5, 0.6) is 0 Å². The third kappa shape index (κ3) is 2.45. The molecule has 0 saturated carbocycles. The van der Waals surface area contributed by atoms with Crippen LogP contribution in [0.4, 0.5) is 0 Å². The highest BCUT2D eigenvalue weighted by Gasteiger charge is 2.15. The number of ether oxygens (including phenoxy) is 1. The van der Waals surface area contributed by atoms with Gasteiger partial charge in [-0.05, 0) is 55.3 Å². The highest BCUT2D eigenvalue weighted by molar-refractivity contribution is 5.36. The van der Waals surface area contributed by atoms with E-state index in [0.717, 1.165) is 19.4 Å². The number of rotatable bonds is 5. The van der Waals surface area contributed by atoms with E-state index in [-0.39, 0.29) is 6.10 Å². The first-order valence-electron chi connectivity index (χ1n) is 6.19. The number of hydrogen-bond donors (Lipinski definition) is 1. The van der Waals surface area contributed by atoms with Gasteiger partial charge in [0.2, 0.25) is 0 Å². The number of benzene rings is 1. The van der Waals surface area contributed by atoms with Gasteiger partial charge in [0, 0.05) is 7.11 Å². The van der Waals surface area contributed by atoms with Crippen molar-refractivity contribution in [1.29, 1.82) is 0 Å². The summed E-state index contributed by atoms with van der Waals surface area (Å²) in [6.07, 6.45) is 6.04. The van der Waals surface area contributed by atoms with E-state index >= 15 is 0 Å². The third-order valence-corrected chi connectivity index (χ3v) is 3.45. The summed E-state index contributed by atoms with van der Waals surface area (Å²) in [6.45, 7) is 0.741. The van der Waals surface area contributed by atoms with Gasteiger partial charge in [-0.3, -0.25) is 0 Å². The Morgan fingerprint density at radius 2 is 2.12 bits per heavy atom. The van der Waals surface area contributed by atoms with Gasteiger partial charge in [0.05, 0.1) is 6.10 Å². The molecule has 0 heterocycles. The molecule has 16 heavy (non-hydrogen) atoms. The summed E-state index contributed by atoms with van der Waals surface area (Å²) in [5.41, 5.74) is 9.91. The molecule has 88 valence electrons. The molecule has 0 aromatic heterocycles. The van der Waals surface area contributed by atoms with Crippen molar-refractivity contribution in [2.75, 3.05) is 13.7 Å². The molecule has 2 nitrogen and oxygen atoms in total. The lowest BCUT2D eigenvalue weighted by Crippen LogP contribution is -2.06. The maximum atomic E-state index is 5.54. The van der Waals surface area contributed by atoms with E-state index in [9.17, 15) is 0 Å². The van der Waals surface area contributed by atoms with Crippen molar-refractivity contribution in [2.24, 2.45) is 5.73 Å². The highest BCUT2D eigenvalue weighted by Crippen LogP contribution is 2.28. The minimum atomic E-state index is 0.217. The molecule has 2 N–H and O–H groups in total. The van der Waals surface area contributed by atoms with Gasteiger partial charge in [0.15, 0.2) is 0 Å². The zero-order valence-electron chi connectivity index (χ0n) is 10.0. The minimum Gasteiger partial charge on any atom is -0.377 e. The van der Waals surface area contributed by atoms with Crippen molar-refractivity contribution >= 4 is 0 Å². The molecule has 1 unspecified atom stereocenters. The van der Waals surface area contributed by atoms with Crippen LogP contribution in [-0.4, -0.2) is 13.7 Å². The molecule has 0 spiro atoms. The van der Waals surface area contributed by atoms with Crippen molar-refractivity contribution < 1.29 is 4.74 Å². The Kier molecular flexibility index (Phi) is 3.97. The van der Waals surface area contributed by atoms with Crippen LogP contribution < -0.4 is 5.73 Å². The van der Waals surface area contributed by atoms with Crippen molar-refractivity contribution in [3.8, 4) is 0 Å². The Morgan fingerprint density at radius 1 is 1.31 bits per heavy atom. The third-order valence-electron chi connectivity index (χ3n) is 3.45. The zero-order valence-corrected chi connectivity index (χ0v) is 10.0. The van der Waals surface area contributed by atoms with Gasteiger partial charge in [-0.15, -0.1) is 0 Å². The van der Waals surface area contributed by atoms with Crippen molar-refractivity contribution in [3.63, 3.8) is 0 Å². The Hall–Kier alpha value is -0.860. The Labute approximate surface area is 97.8 Å². The van der Waals surface area contributed by atoms with Crippen LogP contribution in [0.3, 0.4) is 0 Å². The molecule has 1 aliphatic carbocycles.